The lowest BCUT2D eigenvalue weighted by molar-refractivity contribution is -0.0365. The highest BCUT2D eigenvalue weighted by atomic mass is 16.5. The lowest BCUT2D eigenvalue weighted by atomic mass is 10.1. The molecule has 0 aromatic carbocycles. The molecule has 7 nitrogen and oxygen atoms in total. The van der Waals surface area contributed by atoms with Crippen LogP contribution in [0, 0.1) is 0 Å². The fourth-order valence-corrected chi connectivity index (χ4v) is 1.69. The Morgan fingerprint density at radius 3 is 2.71 bits per heavy atom. The summed E-state index contributed by atoms with van der Waals surface area (Å²) < 4.78 is 12.1. The largest absolute Gasteiger partial charge is 0.389 e. The topological polar surface area (TPSA) is 81.4 Å². The number of nitrogens with one attached hydrogen (secondary N) is 1. The van der Waals surface area contributed by atoms with Gasteiger partial charge in [-0.2, -0.15) is 0 Å². The zero-order valence-corrected chi connectivity index (χ0v) is 13.7. The van der Waals surface area contributed by atoms with Crippen molar-refractivity contribution >= 4 is 0 Å². The minimum absolute atomic E-state index is 0.0352. The van der Waals surface area contributed by atoms with Gasteiger partial charge in [-0.1, -0.05) is 5.21 Å². The predicted octanol–water partition coefficient (Wildman–Crippen LogP) is 0.579. The first-order chi connectivity index (χ1) is 9.80. The number of aliphatic hydroxyl groups is 1. The lowest BCUT2D eigenvalue weighted by Crippen LogP contribution is -2.35. The van der Waals surface area contributed by atoms with Gasteiger partial charge in [0, 0.05) is 25.4 Å². The second kappa shape index (κ2) is 8.43. The summed E-state index contributed by atoms with van der Waals surface area (Å²) in [6.45, 7) is 9.98. The molecule has 0 radical (unpaired) electrons. The van der Waals surface area contributed by atoms with Crippen molar-refractivity contribution in [1.82, 2.24) is 20.3 Å². The molecule has 2 N–H and O–H groups in total. The van der Waals surface area contributed by atoms with Gasteiger partial charge in [0.05, 0.1) is 37.7 Å². The summed E-state index contributed by atoms with van der Waals surface area (Å²) in [6.07, 6.45) is 1.18. The Hall–Kier alpha value is -1.02. The van der Waals surface area contributed by atoms with Crippen LogP contribution in [0.4, 0.5) is 0 Å². The zero-order valence-electron chi connectivity index (χ0n) is 13.7. The van der Waals surface area contributed by atoms with E-state index >= 15 is 0 Å². The van der Waals surface area contributed by atoms with E-state index in [4.69, 9.17) is 9.47 Å². The predicted molar refractivity (Wildman–Crippen MR) is 79.9 cm³/mol. The van der Waals surface area contributed by atoms with E-state index in [-0.39, 0.29) is 18.2 Å². The Morgan fingerprint density at radius 2 is 2.10 bits per heavy atom. The summed E-state index contributed by atoms with van der Waals surface area (Å²) >= 11 is 0. The number of aromatic nitrogens is 3. The van der Waals surface area contributed by atoms with Gasteiger partial charge in [-0.25, -0.2) is 4.68 Å². The van der Waals surface area contributed by atoms with E-state index in [1.165, 1.54) is 0 Å². The van der Waals surface area contributed by atoms with Crippen LogP contribution in [-0.4, -0.2) is 58.2 Å². The van der Waals surface area contributed by atoms with Crippen molar-refractivity contribution in [3.05, 3.63) is 11.9 Å². The standard InChI is InChI=1S/C14H28N4O3/c1-11(9-20-5)21-10-13(19)8-18-7-12(16-17-18)6-15-14(2,3)4/h7,11,13,15,19H,6,8-10H2,1-5H3. The van der Waals surface area contributed by atoms with Gasteiger partial charge in [0.2, 0.25) is 0 Å². The molecule has 1 heterocycles. The van der Waals surface area contributed by atoms with E-state index in [1.54, 1.807) is 11.8 Å². The Labute approximate surface area is 126 Å². The molecule has 0 spiro atoms. The molecule has 0 aliphatic rings. The molecule has 0 saturated carbocycles. The average Bonchev–Trinajstić information content (AvgIpc) is 2.81. The molecular formula is C14H28N4O3. The molecule has 1 rings (SSSR count). The highest BCUT2D eigenvalue weighted by Gasteiger charge is 2.12. The minimum Gasteiger partial charge on any atom is -0.389 e. The molecular weight excluding hydrogens is 272 g/mol. The number of hydrogen-bond acceptors (Lipinski definition) is 6. The van der Waals surface area contributed by atoms with E-state index in [2.05, 4.69) is 36.4 Å². The Bertz CT molecular complexity index is 403. The third-order valence-electron chi connectivity index (χ3n) is 2.76. The maximum atomic E-state index is 9.92. The number of hydrogen-bond donors (Lipinski definition) is 2. The van der Waals surface area contributed by atoms with Crippen molar-refractivity contribution in [1.29, 1.82) is 0 Å². The van der Waals surface area contributed by atoms with Crippen molar-refractivity contribution in [3.8, 4) is 0 Å². The quantitative estimate of drug-likeness (QED) is 0.694. The van der Waals surface area contributed by atoms with Gasteiger partial charge >= 0.3 is 0 Å². The van der Waals surface area contributed by atoms with Crippen molar-refractivity contribution < 1.29 is 14.6 Å². The van der Waals surface area contributed by atoms with Crippen LogP contribution < -0.4 is 5.32 Å². The van der Waals surface area contributed by atoms with E-state index in [1.807, 2.05) is 13.1 Å². The van der Waals surface area contributed by atoms with Gasteiger partial charge < -0.3 is 19.9 Å². The maximum absolute atomic E-state index is 9.92. The van der Waals surface area contributed by atoms with E-state index in [0.29, 0.717) is 19.7 Å². The Morgan fingerprint density at radius 1 is 1.38 bits per heavy atom. The minimum atomic E-state index is -0.616. The normalized spacial score (nSPS) is 15.1. The lowest BCUT2D eigenvalue weighted by Gasteiger charge is -2.19. The van der Waals surface area contributed by atoms with Crippen LogP contribution in [0.15, 0.2) is 6.20 Å². The van der Waals surface area contributed by atoms with E-state index in [9.17, 15) is 5.11 Å². The van der Waals surface area contributed by atoms with Crippen molar-refractivity contribution in [2.45, 2.75) is 58.5 Å². The van der Waals surface area contributed by atoms with Crippen LogP contribution in [0.2, 0.25) is 0 Å². The molecule has 0 aliphatic heterocycles. The van der Waals surface area contributed by atoms with E-state index in [0.717, 1.165) is 5.69 Å². The highest BCUT2D eigenvalue weighted by molar-refractivity contribution is 4.93. The molecule has 2 atom stereocenters. The molecule has 0 amide bonds. The summed E-state index contributed by atoms with van der Waals surface area (Å²) in [5, 5.41) is 21.3. The molecule has 0 bridgehead atoms. The molecule has 0 saturated heterocycles. The number of ether oxygens (including phenoxy) is 2. The molecule has 2 unspecified atom stereocenters. The number of rotatable bonds is 9. The third-order valence-corrected chi connectivity index (χ3v) is 2.76. The first-order valence-corrected chi connectivity index (χ1v) is 7.23. The van der Waals surface area contributed by atoms with Crippen LogP contribution in [-0.2, 0) is 22.6 Å². The fraction of sp³-hybridized carbons (Fsp3) is 0.857. The highest BCUT2D eigenvalue weighted by Crippen LogP contribution is 2.02. The van der Waals surface area contributed by atoms with Crippen molar-refractivity contribution in [3.63, 3.8) is 0 Å². The Kier molecular flexibility index (Phi) is 7.24. The molecule has 0 aliphatic carbocycles. The summed E-state index contributed by atoms with van der Waals surface area (Å²) in [5.41, 5.74) is 0.889. The van der Waals surface area contributed by atoms with Crippen LogP contribution in [0.5, 0.6) is 0 Å². The van der Waals surface area contributed by atoms with Crippen LogP contribution in [0.1, 0.15) is 33.4 Å². The average molecular weight is 300 g/mol. The molecule has 0 fully saturated rings. The van der Waals surface area contributed by atoms with Crippen molar-refractivity contribution in [2.24, 2.45) is 0 Å². The van der Waals surface area contributed by atoms with Gasteiger partial charge in [-0.15, -0.1) is 5.10 Å². The van der Waals surface area contributed by atoms with Crippen LogP contribution >= 0.6 is 0 Å². The molecule has 122 valence electrons. The number of nitrogens with zero attached hydrogens (tertiary/aromatic N) is 3. The fourth-order valence-electron chi connectivity index (χ4n) is 1.69. The van der Waals surface area contributed by atoms with Crippen molar-refractivity contribution in [2.75, 3.05) is 20.3 Å². The zero-order chi connectivity index (χ0) is 15.9. The molecule has 21 heavy (non-hydrogen) atoms. The second-order valence-corrected chi connectivity index (χ2v) is 6.29. The Balaban J connectivity index is 2.33. The van der Waals surface area contributed by atoms with E-state index < -0.39 is 6.10 Å². The molecule has 1 aromatic heterocycles. The summed E-state index contributed by atoms with van der Waals surface area (Å²) in [4.78, 5) is 0. The monoisotopic (exact) mass is 300 g/mol. The smallest absolute Gasteiger partial charge is 0.0969 e. The summed E-state index contributed by atoms with van der Waals surface area (Å²) in [7, 11) is 1.62. The van der Waals surface area contributed by atoms with Gasteiger partial charge in [-0.3, -0.25) is 0 Å². The van der Waals surface area contributed by atoms with Gasteiger partial charge in [0.1, 0.15) is 0 Å². The molecule has 7 heteroatoms. The van der Waals surface area contributed by atoms with Gasteiger partial charge in [0.15, 0.2) is 0 Å². The maximum Gasteiger partial charge on any atom is 0.0969 e. The third kappa shape index (κ3) is 8.11. The first-order valence-electron chi connectivity index (χ1n) is 7.23. The number of aliphatic hydroxyl groups excluding tert-OH is 1. The summed E-state index contributed by atoms with van der Waals surface area (Å²) in [5.74, 6) is 0. The summed E-state index contributed by atoms with van der Waals surface area (Å²) in [6, 6.07) is 0. The first kappa shape index (κ1) is 18.0. The van der Waals surface area contributed by atoms with Gasteiger partial charge in [0.25, 0.3) is 0 Å². The SMILES string of the molecule is COCC(C)OCC(O)Cn1cc(CNC(C)(C)C)nn1. The van der Waals surface area contributed by atoms with Gasteiger partial charge in [-0.05, 0) is 27.7 Å². The second-order valence-electron chi connectivity index (χ2n) is 6.29. The molecule has 1 aromatic rings. The number of methoxy groups -OCH3 is 1. The van der Waals surface area contributed by atoms with Crippen LogP contribution in [0.3, 0.4) is 0 Å². The van der Waals surface area contributed by atoms with Crippen LogP contribution in [0.25, 0.3) is 0 Å².